The summed E-state index contributed by atoms with van der Waals surface area (Å²) in [5.41, 5.74) is 0.957. The van der Waals surface area contributed by atoms with Crippen molar-refractivity contribution in [3.63, 3.8) is 0 Å². The molecule has 1 N–H and O–H groups in total. The number of carboxylic acid groups (broad SMARTS) is 1. The van der Waals surface area contributed by atoms with E-state index in [0.29, 0.717) is 23.6 Å². The van der Waals surface area contributed by atoms with Crippen LogP contribution in [0.4, 0.5) is 0 Å². The normalized spacial score (nSPS) is 20.7. The summed E-state index contributed by atoms with van der Waals surface area (Å²) < 4.78 is 5.88. The third-order valence-electron chi connectivity index (χ3n) is 4.13. The molecule has 0 saturated heterocycles. The summed E-state index contributed by atoms with van der Waals surface area (Å²) >= 11 is 6.28. The minimum absolute atomic E-state index is 0.213. The monoisotopic (exact) mass is 280 g/mol. The van der Waals surface area contributed by atoms with Gasteiger partial charge in [0.2, 0.25) is 0 Å². The number of hydrogen-bond donors (Lipinski definition) is 1. The Hall–Kier alpha value is -1.22. The molecule has 2 aliphatic carbocycles. The lowest BCUT2D eigenvalue weighted by Gasteiger charge is -2.39. The lowest BCUT2D eigenvalue weighted by molar-refractivity contribution is -0.147. The van der Waals surface area contributed by atoms with Gasteiger partial charge in [-0.25, -0.2) is 0 Å². The van der Waals surface area contributed by atoms with Gasteiger partial charge in [0.15, 0.2) is 0 Å². The highest BCUT2D eigenvalue weighted by Gasteiger charge is 2.48. The van der Waals surface area contributed by atoms with E-state index in [1.807, 2.05) is 19.1 Å². The van der Waals surface area contributed by atoms with Crippen LogP contribution in [0.1, 0.15) is 43.2 Å². The molecule has 2 saturated carbocycles. The fourth-order valence-corrected chi connectivity index (χ4v) is 3.00. The van der Waals surface area contributed by atoms with Gasteiger partial charge < -0.3 is 9.84 Å². The van der Waals surface area contributed by atoms with Crippen LogP contribution in [0.2, 0.25) is 5.02 Å². The number of carboxylic acids is 1. The van der Waals surface area contributed by atoms with E-state index in [0.717, 1.165) is 30.4 Å². The molecule has 4 heteroatoms. The van der Waals surface area contributed by atoms with E-state index in [9.17, 15) is 9.90 Å². The zero-order valence-electron chi connectivity index (χ0n) is 10.9. The van der Waals surface area contributed by atoms with Crippen LogP contribution in [0.15, 0.2) is 12.1 Å². The molecule has 0 unspecified atom stereocenters. The molecule has 1 aromatic rings. The number of aliphatic carboxylic acids is 1. The van der Waals surface area contributed by atoms with Gasteiger partial charge in [-0.2, -0.15) is 0 Å². The summed E-state index contributed by atoms with van der Waals surface area (Å²) in [6.07, 6.45) is 4.56. The molecule has 0 amide bonds. The van der Waals surface area contributed by atoms with E-state index >= 15 is 0 Å². The minimum atomic E-state index is -0.792. The molecule has 2 fully saturated rings. The second-order valence-electron chi connectivity index (χ2n) is 5.68. The van der Waals surface area contributed by atoms with Gasteiger partial charge in [-0.05, 0) is 44.2 Å². The van der Waals surface area contributed by atoms with Crippen molar-refractivity contribution in [3.05, 3.63) is 28.3 Å². The van der Waals surface area contributed by atoms with Gasteiger partial charge in [0.05, 0.1) is 16.5 Å². The standard InChI is InChI=1S/C15H17ClO3/c1-9-7-11(15(14(17)18)5-2-6-15)13(12(16)8-9)19-10-3-4-10/h7-8,10H,2-6H2,1H3,(H,17,18). The molecule has 3 rings (SSSR count). The van der Waals surface area contributed by atoms with Gasteiger partial charge in [0.25, 0.3) is 0 Å². The van der Waals surface area contributed by atoms with Crippen LogP contribution >= 0.6 is 11.6 Å². The Morgan fingerprint density at radius 3 is 2.58 bits per heavy atom. The van der Waals surface area contributed by atoms with Crippen LogP contribution in [0.5, 0.6) is 5.75 Å². The summed E-state index contributed by atoms with van der Waals surface area (Å²) in [5, 5.41) is 10.1. The predicted molar refractivity (Wildman–Crippen MR) is 73.0 cm³/mol. The van der Waals surface area contributed by atoms with E-state index < -0.39 is 11.4 Å². The first-order valence-electron chi connectivity index (χ1n) is 6.73. The average Bonchev–Trinajstić information content (AvgIpc) is 3.04. The molecular formula is C15H17ClO3. The zero-order valence-corrected chi connectivity index (χ0v) is 11.7. The highest BCUT2D eigenvalue weighted by atomic mass is 35.5. The van der Waals surface area contributed by atoms with Gasteiger partial charge in [0, 0.05) is 5.56 Å². The molecule has 2 aliphatic rings. The molecule has 0 spiro atoms. The van der Waals surface area contributed by atoms with Crippen LogP contribution < -0.4 is 4.74 Å². The second-order valence-corrected chi connectivity index (χ2v) is 6.09. The third kappa shape index (κ3) is 2.10. The van der Waals surface area contributed by atoms with Crippen LogP contribution in [0, 0.1) is 6.92 Å². The van der Waals surface area contributed by atoms with E-state index in [-0.39, 0.29) is 6.10 Å². The van der Waals surface area contributed by atoms with Crippen LogP contribution in [-0.2, 0) is 10.2 Å². The number of ether oxygens (including phenoxy) is 1. The number of benzene rings is 1. The maximum Gasteiger partial charge on any atom is 0.314 e. The van der Waals surface area contributed by atoms with Gasteiger partial charge in [-0.3, -0.25) is 4.79 Å². The van der Waals surface area contributed by atoms with Crippen molar-refractivity contribution in [3.8, 4) is 5.75 Å². The number of rotatable bonds is 4. The fraction of sp³-hybridized carbons (Fsp3) is 0.533. The Morgan fingerprint density at radius 2 is 2.11 bits per heavy atom. The Balaban J connectivity index is 2.09. The number of carbonyl (C=O) groups is 1. The lowest BCUT2D eigenvalue weighted by atomic mass is 9.64. The molecule has 0 bridgehead atoms. The molecule has 0 heterocycles. The molecular weight excluding hydrogens is 264 g/mol. The highest BCUT2D eigenvalue weighted by Crippen LogP contribution is 2.50. The molecule has 19 heavy (non-hydrogen) atoms. The van der Waals surface area contributed by atoms with Crippen LogP contribution in [-0.4, -0.2) is 17.2 Å². The van der Waals surface area contributed by atoms with Gasteiger partial charge in [-0.1, -0.05) is 24.1 Å². The summed E-state index contributed by atoms with van der Waals surface area (Å²) in [4.78, 5) is 11.7. The maximum atomic E-state index is 11.7. The van der Waals surface area contributed by atoms with Crippen molar-refractivity contribution < 1.29 is 14.6 Å². The van der Waals surface area contributed by atoms with Crippen molar-refractivity contribution in [1.82, 2.24) is 0 Å². The van der Waals surface area contributed by atoms with Gasteiger partial charge >= 0.3 is 5.97 Å². The SMILES string of the molecule is Cc1cc(Cl)c(OC2CC2)c(C2(C(=O)O)CCC2)c1. The summed E-state index contributed by atoms with van der Waals surface area (Å²) in [5.74, 6) is -0.169. The molecule has 0 aliphatic heterocycles. The van der Waals surface area contributed by atoms with E-state index in [2.05, 4.69) is 0 Å². The van der Waals surface area contributed by atoms with Crippen LogP contribution in [0.25, 0.3) is 0 Å². The van der Waals surface area contributed by atoms with E-state index in [4.69, 9.17) is 16.3 Å². The number of hydrogen-bond acceptors (Lipinski definition) is 2. The molecule has 102 valence electrons. The smallest absolute Gasteiger partial charge is 0.314 e. The molecule has 3 nitrogen and oxygen atoms in total. The van der Waals surface area contributed by atoms with Crippen LogP contribution in [0.3, 0.4) is 0 Å². The van der Waals surface area contributed by atoms with Crippen molar-refractivity contribution in [2.24, 2.45) is 0 Å². The van der Waals surface area contributed by atoms with Gasteiger partial charge in [-0.15, -0.1) is 0 Å². The minimum Gasteiger partial charge on any atom is -0.489 e. The Bertz CT molecular complexity index is 530. The number of halogens is 1. The van der Waals surface area contributed by atoms with Crippen molar-refractivity contribution in [2.45, 2.75) is 50.5 Å². The van der Waals surface area contributed by atoms with E-state index in [1.54, 1.807) is 0 Å². The summed E-state index contributed by atoms with van der Waals surface area (Å²) in [7, 11) is 0. The second kappa shape index (κ2) is 4.41. The molecule has 0 atom stereocenters. The molecule has 1 aromatic carbocycles. The lowest BCUT2D eigenvalue weighted by Crippen LogP contribution is -2.42. The van der Waals surface area contributed by atoms with Crippen molar-refractivity contribution >= 4 is 17.6 Å². The van der Waals surface area contributed by atoms with Crippen molar-refractivity contribution in [1.29, 1.82) is 0 Å². The maximum absolute atomic E-state index is 11.7. The Kier molecular flexibility index (Phi) is 2.97. The quantitative estimate of drug-likeness (QED) is 0.915. The fourth-order valence-electron chi connectivity index (χ4n) is 2.69. The third-order valence-corrected chi connectivity index (χ3v) is 4.41. The van der Waals surface area contributed by atoms with Gasteiger partial charge in [0.1, 0.15) is 5.75 Å². The molecule has 0 aromatic heterocycles. The topological polar surface area (TPSA) is 46.5 Å². The predicted octanol–water partition coefficient (Wildman–Crippen LogP) is 3.70. The largest absolute Gasteiger partial charge is 0.489 e. The average molecular weight is 281 g/mol. The Labute approximate surface area is 117 Å². The zero-order chi connectivity index (χ0) is 13.6. The summed E-state index contributed by atoms with van der Waals surface area (Å²) in [6, 6.07) is 3.77. The highest BCUT2D eigenvalue weighted by molar-refractivity contribution is 6.32. The first-order chi connectivity index (χ1) is 9.03. The van der Waals surface area contributed by atoms with Crippen molar-refractivity contribution in [2.75, 3.05) is 0 Å². The first-order valence-corrected chi connectivity index (χ1v) is 7.11. The molecule has 0 radical (unpaired) electrons. The Morgan fingerprint density at radius 1 is 1.42 bits per heavy atom. The number of aryl methyl sites for hydroxylation is 1. The van der Waals surface area contributed by atoms with E-state index in [1.165, 1.54) is 0 Å². The first kappa shape index (κ1) is 12.8. The summed E-state index contributed by atoms with van der Waals surface area (Å²) in [6.45, 7) is 1.94.